The lowest BCUT2D eigenvalue weighted by atomic mass is 10.2. The van der Waals surface area contributed by atoms with Gasteiger partial charge < -0.3 is 10.2 Å². The number of nitrogens with two attached hydrogens (primary N) is 1. The van der Waals surface area contributed by atoms with E-state index in [1.54, 1.807) is 6.92 Å². The molecule has 0 bridgehead atoms. The molecule has 2 rings (SSSR count). The van der Waals surface area contributed by atoms with Crippen LogP contribution < -0.4 is 10.5 Å². The second-order valence-corrected chi connectivity index (χ2v) is 6.99. The number of benzene rings is 1. The molecule has 8 heteroatoms. The summed E-state index contributed by atoms with van der Waals surface area (Å²) in [6.07, 6.45) is 0. The van der Waals surface area contributed by atoms with Gasteiger partial charge in [-0.2, -0.15) is 0 Å². The number of rotatable bonds is 4. The number of aryl methyl sites for hydroxylation is 2. The minimum Gasteiger partial charge on any atom is -0.465 e. The van der Waals surface area contributed by atoms with Crippen molar-refractivity contribution in [3.8, 4) is 0 Å². The lowest BCUT2D eigenvalue weighted by Crippen LogP contribution is -2.17. The SMILES string of the molecule is Cc1oc(C)c(S(=O)(=O)Nc2cc(Br)ccc2F)c1CN. The fourth-order valence-corrected chi connectivity index (χ4v) is 3.95. The van der Waals surface area contributed by atoms with E-state index in [-0.39, 0.29) is 22.9 Å². The normalized spacial score (nSPS) is 11.7. The molecule has 2 aromatic rings. The molecule has 0 saturated heterocycles. The standard InChI is InChI=1S/C13H14BrFN2O3S/c1-7-10(6-16)13(8(2)20-7)21(18,19)17-12-5-9(14)3-4-11(12)15/h3-5,17H,6,16H2,1-2H3. The molecule has 0 aliphatic rings. The Hall–Kier alpha value is -1.38. The zero-order chi connectivity index (χ0) is 15.8. The highest BCUT2D eigenvalue weighted by molar-refractivity contribution is 9.10. The van der Waals surface area contributed by atoms with Gasteiger partial charge in [-0.1, -0.05) is 15.9 Å². The number of nitrogens with one attached hydrogen (secondary N) is 1. The van der Waals surface area contributed by atoms with Crippen LogP contribution in [0.15, 0.2) is 32.0 Å². The predicted octanol–water partition coefficient (Wildman–Crippen LogP) is 3.06. The van der Waals surface area contributed by atoms with Crippen molar-refractivity contribution in [2.45, 2.75) is 25.3 Å². The Morgan fingerprint density at radius 3 is 2.62 bits per heavy atom. The minimum atomic E-state index is -3.99. The van der Waals surface area contributed by atoms with Crippen molar-refractivity contribution in [3.05, 3.63) is 45.6 Å². The Bertz CT molecular complexity index is 787. The number of hydrogen-bond donors (Lipinski definition) is 2. The smallest absolute Gasteiger partial charge is 0.265 e. The average molecular weight is 377 g/mol. The van der Waals surface area contributed by atoms with Gasteiger partial charge in [0.25, 0.3) is 10.0 Å². The summed E-state index contributed by atoms with van der Waals surface area (Å²) in [6, 6.07) is 3.99. The van der Waals surface area contributed by atoms with Crippen molar-refractivity contribution in [1.29, 1.82) is 0 Å². The summed E-state index contributed by atoms with van der Waals surface area (Å²) in [5, 5.41) is 0. The molecule has 0 aliphatic heterocycles. The summed E-state index contributed by atoms with van der Waals surface area (Å²) in [5.74, 6) is -0.0186. The van der Waals surface area contributed by atoms with Crippen molar-refractivity contribution in [1.82, 2.24) is 0 Å². The van der Waals surface area contributed by atoms with Crippen LogP contribution in [0.5, 0.6) is 0 Å². The number of halogens is 2. The summed E-state index contributed by atoms with van der Waals surface area (Å²) < 4.78 is 46.7. The molecule has 0 spiro atoms. The molecule has 0 radical (unpaired) electrons. The molecule has 0 fully saturated rings. The summed E-state index contributed by atoms with van der Waals surface area (Å²) in [4.78, 5) is -0.0399. The first-order chi connectivity index (χ1) is 9.76. The maximum Gasteiger partial charge on any atom is 0.265 e. The second kappa shape index (κ2) is 5.78. The van der Waals surface area contributed by atoms with Crippen LogP contribution in [0.25, 0.3) is 0 Å². The zero-order valence-electron chi connectivity index (χ0n) is 11.4. The highest BCUT2D eigenvalue weighted by Crippen LogP contribution is 2.29. The molecule has 1 aromatic carbocycles. The van der Waals surface area contributed by atoms with E-state index in [0.717, 1.165) is 0 Å². The minimum absolute atomic E-state index is 0.0143. The molecular formula is C13H14BrFN2O3S. The fourth-order valence-electron chi connectivity index (χ4n) is 2.07. The highest BCUT2D eigenvalue weighted by atomic mass is 79.9. The van der Waals surface area contributed by atoms with Gasteiger partial charge in [0.05, 0.1) is 5.69 Å². The second-order valence-electron chi connectivity index (χ2n) is 4.46. The highest BCUT2D eigenvalue weighted by Gasteiger charge is 2.27. The molecule has 114 valence electrons. The van der Waals surface area contributed by atoms with E-state index in [2.05, 4.69) is 20.7 Å². The van der Waals surface area contributed by atoms with Gasteiger partial charge in [0.1, 0.15) is 22.2 Å². The number of anilines is 1. The van der Waals surface area contributed by atoms with E-state index in [1.807, 2.05) is 0 Å². The Balaban J connectivity index is 2.51. The number of hydrogen-bond acceptors (Lipinski definition) is 4. The van der Waals surface area contributed by atoms with Gasteiger partial charge in [0, 0.05) is 16.6 Å². The van der Waals surface area contributed by atoms with Crippen LogP contribution in [-0.4, -0.2) is 8.42 Å². The van der Waals surface area contributed by atoms with E-state index in [0.29, 0.717) is 15.8 Å². The summed E-state index contributed by atoms with van der Waals surface area (Å²) in [5.41, 5.74) is 5.81. The Labute approximate surface area is 130 Å². The molecule has 3 N–H and O–H groups in total. The monoisotopic (exact) mass is 376 g/mol. The van der Waals surface area contributed by atoms with E-state index >= 15 is 0 Å². The fraction of sp³-hybridized carbons (Fsp3) is 0.231. The molecule has 0 aliphatic carbocycles. The van der Waals surface area contributed by atoms with Gasteiger partial charge in [-0.25, -0.2) is 12.8 Å². The van der Waals surface area contributed by atoms with Crippen molar-refractivity contribution in [2.75, 3.05) is 4.72 Å². The average Bonchev–Trinajstić information content (AvgIpc) is 2.68. The van der Waals surface area contributed by atoms with Crippen molar-refractivity contribution >= 4 is 31.6 Å². The first-order valence-electron chi connectivity index (χ1n) is 6.03. The molecular weight excluding hydrogens is 363 g/mol. The lowest BCUT2D eigenvalue weighted by molar-refractivity contribution is 0.494. The molecule has 1 aromatic heterocycles. The van der Waals surface area contributed by atoms with Crippen LogP contribution in [0.4, 0.5) is 10.1 Å². The Morgan fingerprint density at radius 1 is 1.33 bits per heavy atom. The van der Waals surface area contributed by atoms with E-state index < -0.39 is 15.8 Å². The van der Waals surface area contributed by atoms with E-state index in [9.17, 15) is 12.8 Å². The van der Waals surface area contributed by atoms with Crippen LogP contribution in [-0.2, 0) is 16.6 Å². The zero-order valence-corrected chi connectivity index (χ0v) is 13.8. The third kappa shape index (κ3) is 3.12. The third-order valence-corrected chi connectivity index (χ3v) is 5.02. The summed E-state index contributed by atoms with van der Waals surface area (Å²) in [7, 11) is -3.99. The van der Waals surface area contributed by atoms with E-state index in [4.69, 9.17) is 10.2 Å². The first kappa shape index (κ1) is 16.0. The van der Waals surface area contributed by atoms with Crippen LogP contribution >= 0.6 is 15.9 Å². The van der Waals surface area contributed by atoms with Gasteiger partial charge in [-0.05, 0) is 32.0 Å². The van der Waals surface area contributed by atoms with Gasteiger partial charge in [-0.3, -0.25) is 4.72 Å². The van der Waals surface area contributed by atoms with Crippen molar-refractivity contribution in [2.24, 2.45) is 5.73 Å². The first-order valence-corrected chi connectivity index (χ1v) is 8.30. The van der Waals surface area contributed by atoms with Gasteiger partial charge in [0.2, 0.25) is 0 Å². The molecule has 0 atom stereocenters. The molecule has 0 unspecified atom stereocenters. The van der Waals surface area contributed by atoms with Gasteiger partial charge in [0.15, 0.2) is 0 Å². The lowest BCUT2D eigenvalue weighted by Gasteiger charge is -2.10. The quantitative estimate of drug-likeness (QED) is 0.858. The Kier molecular flexibility index (Phi) is 4.40. The largest absolute Gasteiger partial charge is 0.465 e. The summed E-state index contributed by atoms with van der Waals surface area (Å²) >= 11 is 3.17. The van der Waals surface area contributed by atoms with Gasteiger partial charge in [-0.15, -0.1) is 0 Å². The van der Waals surface area contributed by atoms with E-state index in [1.165, 1.54) is 25.1 Å². The predicted molar refractivity (Wildman–Crippen MR) is 81.0 cm³/mol. The maximum atomic E-state index is 13.7. The van der Waals surface area contributed by atoms with Gasteiger partial charge >= 0.3 is 0 Å². The Morgan fingerprint density at radius 2 is 2.00 bits per heavy atom. The van der Waals surface area contributed by atoms with Crippen LogP contribution in [0.2, 0.25) is 0 Å². The maximum absolute atomic E-state index is 13.7. The van der Waals surface area contributed by atoms with Crippen LogP contribution in [0, 0.1) is 19.7 Å². The summed E-state index contributed by atoms with van der Waals surface area (Å²) in [6.45, 7) is 3.17. The number of furan rings is 1. The van der Waals surface area contributed by atoms with Crippen LogP contribution in [0.3, 0.4) is 0 Å². The molecule has 0 amide bonds. The van der Waals surface area contributed by atoms with Crippen molar-refractivity contribution in [3.63, 3.8) is 0 Å². The topological polar surface area (TPSA) is 85.3 Å². The third-order valence-electron chi connectivity index (χ3n) is 2.97. The van der Waals surface area contributed by atoms with Crippen molar-refractivity contribution < 1.29 is 17.2 Å². The molecule has 0 saturated carbocycles. The van der Waals surface area contributed by atoms with Crippen LogP contribution in [0.1, 0.15) is 17.1 Å². The molecule has 5 nitrogen and oxygen atoms in total. The number of sulfonamides is 1. The molecule has 21 heavy (non-hydrogen) atoms. The molecule has 1 heterocycles.